The molecule has 88 valence electrons. The minimum absolute atomic E-state index is 0.582. The van der Waals surface area contributed by atoms with Crippen LogP contribution in [0.5, 0.6) is 5.75 Å². The highest BCUT2D eigenvalue weighted by molar-refractivity contribution is 5.30. The van der Waals surface area contributed by atoms with Gasteiger partial charge in [-0.3, -0.25) is 0 Å². The number of hydrogen-bond acceptors (Lipinski definition) is 2. The van der Waals surface area contributed by atoms with Gasteiger partial charge in [0.15, 0.2) is 0 Å². The van der Waals surface area contributed by atoms with E-state index in [9.17, 15) is 0 Å². The van der Waals surface area contributed by atoms with E-state index in [0.29, 0.717) is 11.8 Å². The molecular weight excluding hydrogens is 198 g/mol. The zero-order chi connectivity index (χ0) is 11.4. The van der Waals surface area contributed by atoms with Crippen molar-refractivity contribution in [1.82, 2.24) is 5.32 Å². The summed E-state index contributed by atoms with van der Waals surface area (Å²) in [6.07, 6.45) is 1.26. The molecule has 0 bridgehead atoms. The van der Waals surface area contributed by atoms with E-state index < -0.39 is 0 Å². The third-order valence-corrected chi connectivity index (χ3v) is 3.00. The van der Waals surface area contributed by atoms with Gasteiger partial charge in [0, 0.05) is 6.54 Å². The van der Waals surface area contributed by atoms with Crippen LogP contribution in [0.25, 0.3) is 0 Å². The standard InChI is InChI=1S/C14H21NO/c1-11(2)10-16-14-5-3-12(4-6-14)13-7-8-15-9-13/h3-6,11,13,15H,7-10H2,1-2H3. The summed E-state index contributed by atoms with van der Waals surface area (Å²) in [5, 5.41) is 3.39. The van der Waals surface area contributed by atoms with Gasteiger partial charge in [-0.1, -0.05) is 26.0 Å². The first-order valence-electron chi connectivity index (χ1n) is 6.19. The summed E-state index contributed by atoms with van der Waals surface area (Å²) in [5.74, 6) is 2.27. The molecule has 1 atom stereocenters. The van der Waals surface area contributed by atoms with Gasteiger partial charge in [0.05, 0.1) is 6.61 Å². The monoisotopic (exact) mass is 219 g/mol. The maximum atomic E-state index is 5.67. The Kier molecular flexibility index (Phi) is 3.83. The van der Waals surface area contributed by atoms with Crippen molar-refractivity contribution in [3.05, 3.63) is 29.8 Å². The molecule has 1 aromatic carbocycles. The molecule has 0 amide bonds. The molecule has 1 heterocycles. The Hall–Kier alpha value is -1.02. The Morgan fingerprint density at radius 2 is 2.06 bits per heavy atom. The molecule has 1 aliphatic heterocycles. The summed E-state index contributed by atoms with van der Waals surface area (Å²) in [6, 6.07) is 8.59. The minimum Gasteiger partial charge on any atom is -0.493 e. The van der Waals surface area contributed by atoms with Crippen molar-refractivity contribution in [1.29, 1.82) is 0 Å². The third kappa shape index (κ3) is 2.99. The van der Waals surface area contributed by atoms with Gasteiger partial charge >= 0.3 is 0 Å². The van der Waals surface area contributed by atoms with Crippen molar-refractivity contribution in [2.24, 2.45) is 5.92 Å². The molecule has 0 aromatic heterocycles. The molecule has 0 aliphatic carbocycles. The molecule has 0 saturated carbocycles. The minimum atomic E-state index is 0.582. The van der Waals surface area contributed by atoms with E-state index in [4.69, 9.17) is 4.74 Å². The number of ether oxygens (including phenoxy) is 1. The first-order chi connectivity index (χ1) is 7.75. The second-order valence-electron chi connectivity index (χ2n) is 4.96. The zero-order valence-electron chi connectivity index (χ0n) is 10.2. The number of nitrogens with one attached hydrogen (secondary N) is 1. The quantitative estimate of drug-likeness (QED) is 0.840. The van der Waals surface area contributed by atoms with Crippen LogP contribution in [-0.4, -0.2) is 19.7 Å². The van der Waals surface area contributed by atoms with E-state index in [1.54, 1.807) is 0 Å². The van der Waals surface area contributed by atoms with Gasteiger partial charge in [-0.2, -0.15) is 0 Å². The zero-order valence-corrected chi connectivity index (χ0v) is 10.2. The number of benzene rings is 1. The Bertz CT molecular complexity index is 312. The molecule has 1 aliphatic rings. The Labute approximate surface area is 98.0 Å². The van der Waals surface area contributed by atoms with E-state index >= 15 is 0 Å². The molecule has 2 nitrogen and oxygen atoms in total. The average Bonchev–Trinajstić information content (AvgIpc) is 2.80. The number of hydrogen-bond donors (Lipinski definition) is 1. The fraction of sp³-hybridized carbons (Fsp3) is 0.571. The molecule has 1 unspecified atom stereocenters. The van der Waals surface area contributed by atoms with Crippen LogP contribution in [-0.2, 0) is 0 Å². The Morgan fingerprint density at radius 3 is 2.62 bits per heavy atom. The Balaban J connectivity index is 1.93. The molecule has 1 aromatic rings. The molecule has 1 N–H and O–H groups in total. The SMILES string of the molecule is CC(C)COc1ccc(C2CCNC2)cc1. The largest absolute Gasteiger partial charge is 0.493 e. The van der Waals surface area contributed by atoms with Crippen molar-refractivity contribution in [2.75, 3.05) is 19.7 Å². The van der Waals surface area contributed by atoms with Crippen molar-refractivity contribution >= 4 is 0 Å². The highest BCUT2D eigenvalue weighted by atomic mass is 16.5. The predicted octanol–water partition coefficient (Wildman–Crippen LogP) is 2.80. The average molecular weight is 219 g/mol. The second kappa shape index (κ2) is 5.35. The molecule has 1 saturated heterocycles. The van der Waals surface area contributed by atoms with Gasteiger partial charge in [0.1, 0.15) is 5.75 Å². The fourth-order valence-corrected chi connectivity index (χ4v) is 2.04. The van der Waals surface area contributed by atoms with Gasteiger partial charge in [-0.25, -0.2) is 0 Å². The van der Waals surface area contributed by atoms with E-state index in [-0.39, 0.29) is 0 Å². The molecule has 16 heavy (non-hydrogen) atoms. The van der Waals surface area contributed by atoms with Crippen molar-refractivity contribution in [2.45, 2.75) is 26.2 Å². The lowest BCUT2D eigenvalue weighted by atomic mass is 9.98. The van der Waals surface area contributed by atoms with Crippen LogP contribution < -0.4 is 10.1 Å². The maximum Gasteiger partial charge on any atom is 0.119 e. The summed E-state index contributed by atoms with van der Waals surface area (Å²) in [6.45, 7) is 7.39. The van der Waals surface area contributed by atoms with Crippen LogP contribution in [0.2, 0.25) is 0 Å². The molecule has 2 rings (SSSR count). The van der Waals surface area contributed by atoms with Gasteiger partial charge in [0.25, 0.3) is 0 Å². The number of rotatable bonds is 4. The Morgan fingerprint density at radius 1 is 1.31 bits per heavy atom. The summed E-state index contributed by atoms with van der Waals surface area (Å²) >= 11 is 0. The lowest BCUT2D eigenvalue weighted by molar-refractivity contribution is 0.271. The third-order valence-electron chi connectivity index (χ3n) is 3.00. The van der Waals surface area contributed by atoms with Crippen LogP contribution in [0.15, 0.2) is 24.3 Å². The van der Waals surface area contributed by atoms with Crippen molar-refractivity contribution < 1.29 is 4.74 Å². The van der Waals surface area contributed by atoms with Crippen LogP contribution >= 0.6 is 0 Å². The highest BCUT2D eigenvalue weighted by Crippen LogP contribution is 2.24. The molecule has 0 radical (unpaired) electrons. The van der Waals surface area contributed by atoms with E-state index in [2.05, 4.69) is 43.4 Å². The highest BCUT2D eigenvalue weighted by Gasteiger charge is 2.16. The predicted molar refractivity (Wildman–Crippen MR) is 67.0 cm³/mol. The first-order valence-corrected chi connectivity index (χ1v) is 6.19. The van der Waals surface area contributed by atoms with Crippen LogP contribution in [0.1, 0.15) is 31.7 Å². The maximum absolute atomic E-state index is 5.67. The summed E-state index contributed by atoms with van der Waals surface area (Å²) in [5.41, 5.74) is 1.43. The molecule has 2 heteroatoms. The summed E-state index contributed by atoms with van der Waals surface area (Å²) < 4.78 is 5.67. The summed E-state index contributed by atoms with van der Waals surface area (Å²) in [4.78, 5) is 0. The van der Waals surface area contributed by atoms with Crippen LogP contribution in [0.3, 0.4) is 0 Å². The van der Waals surface area contributed by atoms with Gasteiger partial charge < -0.3 is 10.1 Å². The van der Waals surface area contributed by atoms with Gasteiger partial charge in [-0.05, 0) is 42.5 Å². The lowest BCUT2D eigenvalue weighted by Crippen LogP contribution is -2.08. The van der Waals surface area contributed by atoms with Crippen molar-refractivity contribution in [3.63, 3.8) is 0 Å². The topological polar surface area (TPSA) is 21.3 Å². The van der Waals surface area contributed by atoms with Gasteiger partial charge in [0.2, 0.25) is 0 Å². The van der Waals surface area contributed by atoms with E-state index in [0.717, 1.165) is 25.4 Å². The fourth-order valence-electron chi connectivity index (χ4n) is 2.04. The lowest BCUT2D eigenvalue weighted by Gasteiger charge is -2.11. The van der Waals surface area contributed by atoms with E-state index in [1.165, 1.54) is 12.0 Å². The molecule has 1 fully saturated rings. The van der Waals surface area contributed by atoms with Crippen LogP contribution in [0.4, 0.5) is 0 Å². The summed E-state index contributed by atoms with van der Waals surface area (Å²) in [7, 11) is 0. The van der Waals surface area contributed by atoms with Crippen molar-refractivity contribution in [3.8, 4) is 5.75 Å². The second-order valence-corrected chi connectivity index (χ2v) is 4.96. The van der Waals surface area contributed by atoms with Crippen LogP contribution in [0, 0.1) is 5.92 Å². The van der Waals surface area contributed by atoms with Gasteiger partial charge in [-0.15, -0.1) is 0 Å². The first kappa shape index (κ1) is 11.5. The molecule has 0 spiro atoms. The molecular formula is C14H21NO. The normalized spacial score (nSPS) is 20.3. The smallest absolute Gasteiger partial charge is 0.119 e. The van der Waals surface area contributed by atoms with E-state index in [1.807, 2.05) is 0 Å².